The minimum Gasteiger partial charge on any atom is -0.487 e. The van der Waals surface area contributed by atoms with Gasteiger partial charge in [0.05, 0.1) is 10.9 Å². The molecule has 0 radical (unpaired) electrons. The van der Waals surface area contributed by atoms with Crippen LogP contribution in [0, 0.1) is 20.8 Å². The van der Waals surface area contributed by atoms with E-state index in [1.165, 1.54) is 4.90 Å². The minimum absolute atomic E-state index is 0.0367. The first kappa shape index (κ1) is 41.3. The smallest absolute Gasteiger partial charge is 0.410 e. The van der Waals surface area contributed by atoms with Crippen LogP contribution in [0.3, 0.4) is 0 Å². The molecule has 282 valence electrons. The summed E-state index contributed by atoms with van der Waals surface area (Å²) in [5.74, 6) is 0.494. The molecule has 3 N–H and O–H groups in total. The van der Waals surface area contributed by atoms with Gasteiger partial charge in [-0.1, -0.05) is 36.8 Å². The molecule has 12 nitrogen and oxygen atoms in total. The number of nitrogens with one attached hydrogen (secondary N) is 1. The molecule has 0 aromatic heterocycles. The minimum atomic E-state index is -4.10. The van der Waals surface area contributed by atoms with Gasteiger partial charge in [0, 0.05) is 37.9 Å². The number of carbonyl (C=O) groups excluding carboxylic acids is 3. The van der Waals surface area contributed by atoms with Gasteiger partial charge >= 0.3 is 12.2 Å². The predicted molar refractivity (Wildman–Crippen MR) is 198 cm³/mol. The number of nitrogens with zero attached hydrogens (tertiary/aromatic N) is 2. The summed E-state index contributed by atoms with van der Waals surface area (Å²) in [6.07, 6.45) is 1.27. The van der Waals surface area contributed by atoms with Crippen molar-refractivity contribution in [2.75, 3.05) is 13.1 Å². The number of benzene rings is 2. The number of unbranched alkanes of at least 4 members (excludes halogenated alkanes) is 1. The molecule has 0 spiro atoms. The summed E-state index contributed by atoms with van der Waals surface area (Å²) < 4.78 is 48.0. The second-order valence-electron chi connectivity index (χ2n) is 14.7. The van der Waals surface area contributed by atoms with Crippen molar-refractivity contribution in [3.8, 4) is 5.75 Å². The molecule has 0 bridgehead atoms. The summed E-state index contributed by atoms with van der Waals surface area (Å²) in [5.41, 5.74) is 8.69. The van der Waals surface area contributed by atoms with Gasteiger partial charge in [0.15, 0.2) is 5.78 Å². The van der Waals surface area contributed by atoms with Crippen LogP contribution < -0.4 is 15.8 Å². The predicted octanol–water partition coefficient (Wildman–Crippen LogP) is 6.83. The first-order chi connectivity index (χ1) is 23.7. The number of fused-ring (bicyclic) bond motifs is 1. The second kappa shape index (κ2) is 17.4. The lowest BCUT2D eigenvalue weighted by Gasteiger charge is -2.24. The van der Waals surface area contributed by atoms with Crippen LogP contribution in [-0.4, -0.2) is 67.5 Å². The normalized spacial score (nSPS) is 14.6. The summed E-state index contributed by atoms with van der Waals surface area (Å²) in [7, 11) is -4.10. The van der Waals surface area contributed by atoms with E-state index in [1.807, 2.05) is 58.0 Å². The van der Waals surface area contributed by atoms with Gasteiger partial charge in [0.2, 0.25) is 0 Å². The number of amidine groups is 1. The van der Waals surface area contributed by atoms with Gasteiger partial charge in [-0.3, -0.25) is 4.79 Å². The molecular weight excluding hydrogens is 673 g/mol. The van der Waals surface area contributed by atoms with Crippen LogP contribution in [0.25, 0.3) is 0 Å². The molecule has 1 aliphatic heterocycles. The number of Topliss-reactive ketones (excluding diaryl/α,β-unsaturated/α-hetero) is 1. The lowest BCUT2D eigenvalue weighted by molar-refractivity contribution is -0.121. The molecule has 1 heterocycles. The molecule has 13 heteroatoms. The average Bonchev–Trinajstić information content (AvgIpc) is 3.37. The van der Waals surface area contributed by atoms with Gasteiger partial charge in [-0.15, -0.1) is 4.40 Å². The number of hydrogen-bond acceptors (Lipinski definition) is 8. The van der Waals surface area contributed by atoms with Gasteiger partial charge in [-0.05, 0) is 104 Å². The third-order valence-electron chi connectivity index (χ3n) is 8.74. The fourth-order valence-electron chi connectivity index (χ4n) is 6.10. The van der Waals surface area contributed by atoms with E-state index >= 15 is 0 Å². The van der Waals surface area contributed by atoms with Crippen LogP contribution in [0.2, 0.25) is 0 Å². The molecule has 2 aromatic rings. The lowest BCUT2D eigenvalue weighted by Crippen LogP contribution is -2.43. The fourth-order valence-corrected chi connectivity index (χ4v) is 7.64. The van der Waals surface area contributed by atoms with Crippen LogP contribution in [0.4, 0.5) is 9.59 Å². The fraction of sp³-hybridized carbons (Fsp3) is 0.579. The van der Waals surface area contributed by atoms with E-state index in [9.17, 15) is 22.8 Å². The van der Waals surface area contributed by atoms with Crippen LogP contribution in [0.1, 0.15) is 108 Å². The molecule has 0 saturated carbocycles. The Kier molecular flexibility index (Phi) is 14.1. The first-order valence-corrected chi connectivity index (χ1v) is 19.1. The Bertz CT molecular complexity index is 1700. The van der Waals surface area contributed by atoms with Crippen molar-refractivity contribution in [1.29, 1.82) is 0 Å². The van der Waals surface area contributed by atoms with Crippen LogP contribution in [0.15, 0.2) is 39.6 Å². The Morgan fingerprint density at radius 1 is 1.02 bits per heavy atom. The zero-order valence-corrected chi connectivity index (χ0v) is 32.5. The Hall–Kier alpha value is -4.13. The summed E-state index contributed by atoms with van der Waals surface area (Å²) in [4.78, 5) is 40.3. The number of nitrogens with two attached hydrogens (primary N) is 1. The van der Waals surface area contributed by atoms with Gasteiger partial charge in [0.25, 0.3) is 10.0 Å². The molecule has 3 rings (SSSR count). The summed E-state index contributed by atoms with van der Waals surface area (Å²) >= 11 is 0. The lowest BCUT2D eigenvalue weighted by atomic mass is 9.94. The highest BCUT2D eigenvalue weighted by Crippen LogP contribution is 2.44. The second-order valence-corrected chi connectivity index (χ2v) is 16.3. The standard InChI is InChI=1S/C38H56N4O8S/c1-10-42(36(45)48-24-28-17-12-11-13-18-28)22-16-20-31(43)30(40-35(44)50-37(5,6)7)19-14-15-21-32(39)41-51(46,47)34-26(3)25(2)33-29(27(34)4)23-38(8,9)49-33/h11-13,17-18,30H,10,14-16,19-24H2,1-9H3,(H2,39,41)(H,40,44)/t30-/m0/s1. The number of hydrogen-bond donors (Lipinski definition) is 2. The maximum atomic E-state index is 13.5. The quantitative estimate of drug-likeness (QED) is 0.107. The zero-order chi connectivity index (χ0) is 38.1. The summed E-state index contributed by atoms with van der Waals surface area (Å²) in [5, 5.41) is 2.69. The van der Waals surface area contributed by atoms with E-state index in [2.05, 4.69) is 9.71 Å². The monoisotopic (exact) mass is 728 g/mol. The Morgan fingerprint density at radius 3 is 2.31 bits per heavy atom. The molecule has 0 saturated heterocycles. The number of ether oxygens (including phenoxy) is 3. The van der Waals surface area contributed by atoms with Gasteiger partial charge in [-0.2, -0.15) is 8.42 Å². The third kappa shape index (κ3) is 12.0. The molecule has 0 fully saturated rings. The van der Waals surface area contributed by atoms with Crippen molar-refractivity contribution in [2.24, 2.45) is 10.1 Å². The average molecular weight is 729 g/mol. The largest absolute Gasteiger partial charge is 0.487 e. The Balaban J connectivity index is 1.60. The molecule has 2 amide bonds. The molecular formula is C38H56N4O8S. The van der Waals surface area contributed by atoms with Crippen molar-refractivity contribution in [2.45, 2.75) is 136 Å². The topological polar surface area (TPSA) is 167 Å². The number of ketones is 1. The summed E-state index contributed by atoms with van der Waals surface area (Å²) in [6.45, 7) is 17.2. The van der Waals surface area contributed by atoms with Crippen LogP contribution in [0.5, 0.6) is 5.75 Å². The van der Waals surface area contributed by atoms with E-state index in [0.29, 0.717) is 49.9 Å². The highest BCUT2D eigenvalue weighted by Gasteiger charge is 2.36. The molecule has 0 aliphatic carbocycles. The highest BCUT2D eigenvalue weighted by molar-refractivity contribution is 7.90. The van der Waals surface area contributed by atoms with E-state index in [-0.39, 0.29) is 42.4 Å². The Morgan fingerprint density at radius 2 is 1.69 bits per heavy atom. The molecule has 1 atom stereocenters. The maximum Gasteiger partial charge on any atom is 0.410 e. The number of alkyl carbamates (subject to hydrolysis) is 1. The third-order valence-corrected chi connectivity index (χ3v) is 10.3. The van der Waals surface area contributed by atoms with Crippen molar-refractivity contribution < 1.29 is 37.0 Å². The van der Waals surface area contributed by atoms with Crippen molar-refractivity contribution in [3.05, 3.63) is 58.1 Å². The van der Waals surface area contributed by atoms with Gasteiger partial charge in [0.1, 0.15) is 29.4 Å². The first-order valence-electron chi connectivity index (χ1n) is 17.6. The van der Waals surface area contributed by atoms with Gasteiger partial charge in [-0.25, -0.2) is 9.59 Å². The summed E-state index contributed by atoms with van der Waals surface area (Å²) in [6, 6.07) is 8.53. The van der Waals surface area contributed by atoms with E-state index in [1.54, 1.807) is 34.6 Å². The molecule has 2 aromatic carbocycles. The number of carbonyl (C=O) groups is 3. The molecule has 51 heavy (non-hydrogen) atoms. The number of amides is 2. The zero-order valence-electron chi connectivity index (χ0n) is 31.7. The van der Waals surface area contributed by atoms with Crippen LogP contribution in [-0.2, 0) is 37.3 Å². The van der Waals surface area contributed by atoms with Gasteiger partial charge < -0.3 is 30.2 Å². The van der Waals surface area contributed by atoms with Crippen molar-refractivity contribution in [3.63, 3.8) is 0 Å². The number of rotatable bonds is 16. The molecule has 0 unspecified atom stereocenters. The van der Waals surface area contributed by atoms with E-state index < -0.39 is 39.5 Å². The van der Waals surface area contributed by atoms with Crippen LogP contribution >= 0.6 is 0 Å². The number of sulfonamides is 1. The van der Waals surface area contributed by atoms with Crippen molar-refractivity contribution >= 4 is 33.8 Å². The van der Waals surface area contributed by atoms with E-state index in [4.69, 9.17) is 19.9 Å². The van der Waals surface area contributed by atoms with Crippen molar-refractivity contribution in [1.82, 2.24) is 10.2 Å². The van der Waals surface area contributed by atoms with E-state index in [0.717, 1.165) is 22.4 Å². The highest BCUT2D eigenvalue weighted by atomic mass is 32.2. The Labute approximate surface area is 303 Å². The maximum absolute atomic E-state index is 13.5. The SMILES string of the molecule is CCN(CCCC(=O)[C@H](CCCC/C(N)=N/S(=O)(=O)c1c(C)c(C)c2c(c1C)CC(C)(C)O2)NC(=O)OC(C)(C)C)C(=O)OCc1ccccc1. The molecule has 1 aliphatic rings.